The van der Waals surface area contributed by atoms with Crippen LogP contribution in [0.15, 0.2) is 41.4 Å². The highest BCUT2D eigenvalue weighted by Gasteiger charge is 2.28. The van der Waals surface area contributed by atoms with Crippen LogP contribution in [0.2, 0.25) is 0 Å². The number of ether oxygens (including phenoxy) is 1. The van der Waals surface area contributed by atoms with Gasteiger partial charge in [-0.3, -0.25) is 4.79 Å². The Labute approximate surface area is 159 Å². The van der Waals surface area contributed by atoms with Gasteiger partial charge in [0.15, 0.2) is 0 Å². The molecule has 1 fully saturated rings. The lowest BCUT2D eigenvalue weighted by Gasteiger charge is -2.39. The average molecular weight is 372 g/mol. The fourth-order valence-electron chi connectivity index (χ4n) is 3.44. The van der Waals surface area contributed by atoms with E-state index in [0.29, 0.717) is 17.8 Å². The van der Waals surface area contributed by atoms with Crippen molar-refractivity contribution in [3.63, 3.8) is 0 Å². The standard InChI is InChI=1S/C20H25N3O2S/c1-14-5-4-6-15(2)23(14)20(24)13-26-19-12-11-18(21-22-19)16-7-9-17(25-3)10-8-16/h7-12,14-15H,4-6,13H2,1-3H3/t14-,15-/m0/s1. The first-order valence-corrected chi connectivity index (χ1v) is 9.99. The van der Waals surface area contributed by atoms with Crippen LogP contribution in [0, 0.1) is 0 Å². The van der Waals surface area contributed by atoms with Crippen molar-refractivity contribution in [2.45, 2.75) is 50.2 Å². The van der Waals surface area contributed by atoms with Gasteiger partial charge in [0, 0.05) is 17.6 Å². The van der Waals surface area contributed by atoms with E-state index >= 15 is 0 Å². The molecule has 2 heterocycles. The van der Waals surface area contributed by atoms with Gasteiger partial charge in [0.1, 0.15) is 10.8 Å². The van der Waals surface area contributed by atoms with Crippen LogP contribution in [0.5, 0.6) is 5.75 Å². The molecule has 0 spiro atoms. The van der Waals surface area contributed by atoms with Gasteiger partial charge in [0.25, 0.3) is 0 Å². The van der Waals surface area contributed by atoms with E-state index < -0.39 is 0 Å². The van der Waals surface area contributed by atoms with Gasteiger partial charge in [-0.1, -0.05) is 11.8 Å². The van der Waals surface area contributed by atoms with E-state index in [-0.39, 0.29) is 5.91 Å². The summed E-state index contributed by atoms with van der Waals surface area (Å²) >= 11 is 1.45. The van der Waals surface area contributed by atoms with Gasteiger partial charge in [0.05, 0.1) is 18.6 Å². The maximum Gasteiger partial charge on any atom is 0.233 e. The molecule has 1 aromatic heterocycles. The molecule has 26 heavy (non-hydrogen) atoms. The Bertz CT molecular complexity index is 724. The number of carbonyl (C=O) groups is 1. The van der Waals surface area contributed by atoms with Crippen LogP contribution in [0.3, 0.4) is 0 Å². The second-order valence-electron chi connectivity index (χ2n) is 6.70. The Hall–Kier alpha value is -2.08. The molecule has 0 unspecified atom stereocenters. The summed E-state index contributed by atoms with van der Waals surface area (Å²) in [4.78, 5) is 14.6. The quantitative estimate of drug-likeness (QED) is 0.743. The van der Waals surface area contributed by atoms with Crippen LogP contribution in [-0.2, 0) is 4.79 Å². The molecule has 6 heteroatoms. The molecule has 2 atom stereocenters. The van der Waals surface area contributed by atoms with E-state index in [1.807, 2.05) is 41.3 Å². The highest BCUT2D eigenvalue weighted by atomic mass is 32.2. The topological polar surface area (TPSA) is 55.3 Å². The van der Waals surface area contributed by atoms with Crippen molar-refractivity contribution in [1.82, 2.24) is 15.1 Å². The third-order valence-corrected chi connectivity index (χ3v) is 5.76. The first kappa shape index (κ1) is 18.7. The molecule has 3 rings (SSSR count). The highest BCUT2D eigenvalue weighted by Crippen LogP contribution is 2.25. The number of methoxy groups -OCH3 is 1. The van der Waals surface area contributed by atoms with Crippen molar-refractivity contribution < 1.29 is 9.53 Å². The van der Waals surface area contributed by atoms with Crippen LogP contribution in [0.25, 0.3) is 11.3 Å². The van der Waals surface area contributed by atoms with E-state index in [1.165, 1.54) is 18.2 Å². The number of piperidine rings is 1. The first-order chi connectivity index (χ1) is 12.6. The van der Waals surface area contributed by atoms with Gasteiger partial charge in [0.2, 0.25) is 5.91 Å². The Morgan fingerprint density at radius 3 is 2.38 bits per heavy atom. The number of carbonyl (C=O) groups excluding carboxylic acids is 1. The molecule has 1 aromatic carbocycles. The summed E-state index contributed by atoms with van der Waals surface area (Å²) in [7, 11) is 1.65. The molecule has 0 radical (unpaired) electrons. The van der Waals surface area contributed by atoms with Crippen molar-refractivity contribution in [3.05, 3.63) is 36.4 Å². The monoisotopic (exact) mass is 371 g/mol. The van der Waals surface area contributed by atoms with Crippen LogP contribution in [0.4, 0.5) is 0 Å². The van der Waals surface area contributed by atoms with Gasteiger partial charge in [-0.05, 0) is 69.5 Å². The second-order valence-corrected chi connectivity index (χ2v) is 7.70. The number of hydrogen-bond donors (Lipinski definition) is 0. The molecule has 2 aromatic rings. The zero-order valence-electron chi connectivity index (χ0n) is 15.5. The molecule has 1 aliphatic rings. The van der Waals surface area contributed by atoms with Crippen LogP contribution >= 0.6 is 11.8 Å². The number of rotatable bonds is 5. The Morgan fingerprint density at radius 1 is 1.12 bits per heavy atom. The van der Waals surface area contributed by atoms with Crippen molar-refractivity contribution in [1.29, 1.82) is 0 Å². The van der Waals surface area contributed by atoms with Gasteiger partial charge < -0.3 is 9.64 Å². The second kappa shape index (κ2) is 8.54. The third-order valence-electron chi connectivity index (χ3n) is 4.85. The van der Waals surface area contributed by atoms with Crippen molar-refractivity contribution in [2.24, 2.45) is 0 Å². The minimum Gasteiger partial charge on any atom is -0.497 e. The zero-order chi connectivity index (χ0) is 18.5. The molecule has 1 amide bonds. The fraction of sp³-hybridized carbons (Fsp3) is 0.450. The summed E-state index contributed by atoms with van der Waals surface area (Å²) < 4.78 is 5.17. The summed E-state index contributed by atoms with van der Waals surface area (Å²) in [5.41, 5.74) is 1.79. The smallest absolute Gasteiger partial charge is 0.233 e. The lowest BCUT2D eigenvalue weighted by atomic mass is 9.98. The van der Waals surface area contributed by atoms with Gasteiger partial charge in [-0.2, -0.15) is 0 Å². The van der Waals surface area contributed by atoms with E-state index in [9.17, 15) is 4.79 Å². The Balaban J connectivity index is 1.59. The molecular formula is C20H25N3O2S. The third kappa shape index (κ3) is 4.36. The van der Waals surface area contributed by atoms with E-state index in [1.54, 1.807) is 7.11 Å². The molecule has 138 valence electrons. The predicted molar refractivity (Wildman–Crippen MR) is 104 cm³/mol. The van der Waals surface area contributed by atoms with Gasteiger partial charge in [-0.25, -0.2) is 0 Å². The SMILES string of the molecule is COc1ccc(-c2ccc(SCC(=O)N3[C@@H](C)CCC[C@@H]3C)nn2)cc1. The van der Waals surface area contributed by atoms with Crippen molar-refractivity contribution in [3.8, 4) is 17.0 Å². The maximum absolute atomic E-state index is 12.6. The molecule has 1 aliphatic heterocycles. The van der Waals surface area contributed by atoms with Gasteiger partial charge in [-0.15, -0.1) is 10.2 Å². The number of benzene rings is 1. The molecule has 5 nitrogen and oxygen atoms in total. The minimum atomic E-state index is 0.190. The summed E-state index contributed by atoms with van der Waals surface area (Å²) in [5.74, 6) is 1.41. The Kier molecular flexibility index (Phi) is 6.14. The Morgan fingerprint density at radius 2 is 1.81 bits per heavy atom. The molecule has 0 saturated carbocycles. The first-order valence-electron chi connectivity index (χ1n) is 9.00. The van der Waals surface area contributed by atoms with E-state index in [2.05, 4.69) is 24.0 Å². The van der Waals surface area contributed by atoms with E-state index in [4.69, 9.17) is 4.74 Å². The number of likely N-dealkylation sites (tertiary alicyclic amines) is 1. The maximum atomic E-state index is 12.6. The summed E-state index contributed by atoms with van der Waals surface area (Å²) in [6, 6.07) is 12.2. The summed E-state index contributed by atoms with van der Waals surface area (Å²) in [6.45, 7) is 4.28. The van der Waals surface area contributed by atoms with Crippen molar-refractivity contribution >= 4 is 17.7 Å². The summed E-state index contributed by atoms with van der Waals surface area (Å²) in [6.07, 6.45) is 3.39. The number of hydrogen-bond acceptors (Lipinski definition) is 5. The minimum absolute atomic E-state index is 0.190. The van der Waals surface area contributed by atoms with Gasteiger partial charge >= 0.3 is 0 Å². The molecular weight excluding hydrogens is 346 g/mol. The lowest BCUT2D eigenvalue weighted by Crippen LogP contribution is -2.48. The fourth-order valence-corrected chi connectivity index (χ4v) is 4.12. The van der Waals surface area contributed by atoms with Crippen LogP contribution in [-0.4, -0.2) is 46.0 Å². The molecule has 0 aliphatic carbocycles. The average Bonchev–Trinajstić information content (AvgIpc) is 2.67. The number of nitrogens with zero attached hydrogens (tertiary/aromatic N) is 3. The molecule has 0 bridgehead atoms. The molecule has 0 N–H and O–H groups in total. The largest absolute Gasteiger partial charge is 0.497 e. The van der Waals surface area contributed by atoms with Crippen LogP contribution in [0.1, 0.15) is 33.1 Å². The summed E-state index contributed by atoms with van der Waals surface area (Å²) in [5, 5.41) is 9.32. The lowest BCUT2D eigenvalue weighted by molar-refractivity contribution is -0.134. The predicted octanol–water partition coefficient (Wildman–Crippen LogP) is 4.03. The number of aromatic nitrogens is 2. The van der Waals surface area contributed by atoms with E-state index in [0.717, 1.165) is 34.9 Å². The number of amides is 1. The van der Waals surface area contributed by atoms with Crippen LogP contribution < -0.4 is 4.74 Å². The zero-order valence-corrected chi connectivity index (χ0v) is 16.3. The highest BCUT2D eigenvalue weighted by molar-refractivity contribution is 7.99. The normalized spacial score (nSPS) is 20.0. The van der Waals surface area contributed by atoms with Crippen molar-refractivity contribution in [2.75, 3.05) is 12.9 Å². The number of thioether (sulfide) groups is 1. The molecule has 1 saturated heterocycles.